The predicted octanol–water partition coefficient (Wildman–Crippen LogP) is 5.17. The van der Waals surface area contributed by atoms with Gasteiger partial charge in [-0.15, -0.1) is 0 Å². The van der Waals surface area contributed by atoms with Gasteiger partial charge in [-0.1, -0.05) is 54.6 Å². The van der Waals surface area contributed by atoms with Crippen LogP contribution in [-0.4, -0.2) is 0 Å². The Bertz CT molecular complexity index is 1130. The van der Waals surface area contributed by atoms with E-state index in [9.17, 15) is 0 Å². The van der Waals surface area contributed by atoms with E-state index in [1.807, 2.05) is 72.8 Å². The monoisotopic (exact) mass is 376 g/mol. The van der Waals surface area contributed by atoms with Gasteiger partial charge < -0.3 is 10.1 Å². The number of nitrogens with one attached hydrogen (secondary N) is 1. The lowest BCUT2D eigenvalue weighted by molar-refractivity contribution is 0.306. The van der Waals surface area contributed by atoms with Gasteiger partial charge in [0.2, 0.25) is 0 Å². The van der Waals surface area contributed by atoms with Gasteiger partial charge in [-0.3, -0.25) is 0 Å². The van der Waals surface area contributed by atoms with Crippen LogP contribution in [0.4, 0.5) is 5.69 Å². The summed E-state index contributed by atoms with van der Waals surface area (Å²) in [7, 11) is 0. The van der Waals surface area contributed by atoms with Gasteiger partial charge in [0, 0.05) is 5.69 Å². The first-order valence-electron chi connectivity index (χ1n) is 8.82. The Kier molecular flexibility index (Phi) is 6.25. The number of allylic oxidation sites excluding steroid dienone is 2. The van der Waals surface area contributed by atoms with Crippen LogP contribution in [0.1, 0.15) is 5.56 Å². The van der Waals surface area contributed by atoms with Crippen LogP contribution in [0.3, 0.4) is 0 Å². The van der Waals surface area contributed by atoms with Crippen LogP contribution in [0.15, 0.2) is 90.1 Å². The number of nitriles is 3. The summed E-state index contributed by atoms with van der Waals surface area (Å²) >= 11 is 0. The summed E-state index contributed by atoms with van der Waals surface area (Å²) in [5.74, 6) is 0.774. The Morgan fingerprint density at radius 1 is 0.759 bits per heavy atom. The molecule has 5 heteroatoms. The molecular formula is C24H16N4O. The van der Waals surface area contributed by atoms with Crippen LogP contribution in [-0.2, 0) is 6.61 Å². The second kappa shape index (κ2) is 9.42. The van der Waals surface area contributed by atoms with Crippen LogP contribution in [0, 0.1) is 34.0 Å². The van der Waals surface area contributed by atoms with Crippen molar-refractivity contribution in [1.82, 2.24) is 0 Å². The zero-order valence-corrected chi connectivity index (χ0v) is 15.5. The number of anilines is 1. The highest BCUT2D eigenvalue weighted by Gasteiger charge is 2.07. The smallest absolute Gasteiger partial charge is 0.163 e. The average molecular weight is 376 g/mol. The number of ether oxygens (including phenoxy) is 1. The zero-order chi connectivity index (χ0) is 20.5. The van der Waals surface area contributed by atoms with Gasteiger partial charge in [0.1, 0.15) is 36.3 Å². The van der Waals surface area contributed by atoms with E-state index in [0.717, 1.165) is 22.4 Å². The summed E-state index contributed by atoms with van der Waals surface area (Å²) in [6, 6.07) is 30.4. The van der Waals surface area contributed by atoms with Crippen LogP contribution >= 0.6 is 0 Å². The molecule has 3 aromatic carbocycles. The normalized spacial score (nSPS) is 9.41. The van der Waals surface area contributed by atoms with Crippen molar-refractivity contribution in [2.75, 3.05) is 5.32 Å². The lowest BCUT2D eigenvalue weighted by Gasteiger charge is -2.10. The highest BCUT2D eigenvalue weighted by molar-refractivity contribution is 5.68. The molecule has 0 radical (unpaired) electrons. The molecule has 0 atom stereocenters. The van der Waals surface area contributed by atoms with Crippen molar-refractivity contribution in [3.05, 3.63) is 95.7 Å². The fourth-order valence-corrected chi connectivity index (χ4v) is 2.68. The molecule has 3 rings (SSSR count). The van der Waals surface area contributed by atoms with Crippen molar-refractivity contribution < 1.29 is 4.74 Å². The van der Waals surface area contributed by atoms with Crippen LogP contribution in [0.5, 0.6) is 5.75 Å². The van der Waals surface area contributed by atoms with Crippen molar-refractivity contribution >= 4 is 5.69 Å². The minimum atomic E-state index is -0.250. The molecule has 0 spiro atoms. The van der Waals surface area contributed by atoms with E-state index in [4.69, 9.17) is 20.5 Å². The van der Waals surface area contributed by atoms with Crippen molar-refractivity contribution in [3.63, 3.8) is 0 Å². The maximum atomic E-state index is 9.13. The van der Waals surface area contributed by atoms with Gasteiger partial charge in [0.15, 0.2) is 5.57 Å². The van der Waals surface area contributed by atoms with Gasteiger partial charge >= 0.3 is 0 Å². The first-order chi connectivity index (χ1) is 14.2. The lowest BCUT2D eigenvalue weighted by Crippen LogP contribution is -2.00. The molecule has 0 aliphatic heterocycles. The largest absolute Gasteiger partial charge is 0.489 e. The van der Waals surface area contributed by atoms with Gasteiger partial charge in [-0.05, 0) is 41.0 Å². The Balaban J connectivity index is 1.73. The fourth-order valence-electron chi connectivity index (χ4n) is 2.68. The van der Waals surface area contributed by atoms with Crippen LogP contribution in [0.2, 0.25) is 0 Å². The van der Waals surface area contributed by atoms with E-state index in [-0.39, 0.29) is 11.3 Å². The first-order valence-corrected chi connectivity index (χ1v) is 8.82. The lowest BCUT2D eigenvalue weighted by atomic mass is 10.0. The summed E-state index contributed by atoms with van der Waals surface area (Å²) in [5.41, 5.74) is 3.37. The van der Waals surface area contributed by atoms with Crippen LogP contribution < -0.4 is 10.1 Å². The molecular weight excluding hydrogens is 360 g/mol. The quantitative estimate of drug-likeness (QED) is 0.599. The number of rotatable bonds is 6. The van der Waals surface area contributed by atoms with E-state index in [2.05, 4.69) is 5.32 Å². The molecule has 0 bridgehead atoms. The molecule has 29 heavy (non-hydrogen) atoms. The van der Waals surface area contributed by atoms with Gasteiger partial charge in [0.25, 0.3) is 0 Å². The third-order valence-corrected chi connectivity index (χ3v) is 4.16. The topological polar surface area (TPSA) is 92.6 Å². The molecule has 0 unspecified atom stereocenters. The maximum Gasteiger partial charge on any atom is 0.163 e. The third kappa shape index (κ3) is 5.01. The average Bonchev–Trinajstić information content (AvgIpc) is 2.79. The molecule has 138 valence electrons. The summed E-state index contributed by atoms with van der Waals surface area (Å²) < 4.78 is 5.88. The zero-order valence-electron chi connectivity index (χ0n) is 15.5. The molecule has 0 aliphatic rings. The fraction of sp³-hybridized carbons (Fsp3) is 0.0417. The predicted molar refractivity (Wildman–Crippen MR) is 110 cm³/mol. The Morgan fingerprint density at radius 2 is 1.48 bits per heavy atom. The van der Waals surface area contributed by atoms with Crippen molar-refractivity contribution in [1.29, 1.82) is 15.8 Å². The molecule has 0 saturated carbocycles. The van der Waals surface area contributed by atoms with Crippen molar-refractivity contribution in [2.45, 2.75) is 6.61 Å². The number of hydrogen-bond acceptors (Lipinski definition) is 5. The second-order valence-corrected chi connectivity index (χ2v) is 6.09. The third-order valence-electron chi connectivity index (χ3n) is 4.16. The van der Waals surface area contributed by atoms with Crippen molar-refractivity contribution in [3.8, 4) is 35.1 Å². The molecule has 0 aliphatic carbocycles. The molecule has 3 aromatic rings. The summed E-state index contributed by atoms with van der Waals surface area (Å²) in [6.07, 6.45) is 0. The standard InChI is InChI=1S/C24H16N4O/c25-14-21(15-26)24(16-27)28-22-11-9-19(10-12-22)20-7-4-8-23(13-20)29-17-18-5-2-1-3-6-18/h1-13,28H,17H2. The highest BCUT2D eigenvalue weighted by atomic mass is 16.5. The Labute approximate surface area is 169 Å². The van der Waals surface area contributed by atoms with E-state index in [1.165, 1.54) is 0 Å². The van der Waals surface area contributed by atoms with E-state index in [1.54, 1.807) is 24.3 Å². The molecule has 0 fully saturated rings. The summed E-state index contributed by atoms with van der Waals surface area (Å²) in [5, 5.41) is 29.8. The van der Waals surface area contributed by atoms with Gasteiger partial charge in [0.05, 0.1) is 0 Å². The number of nitrogens with zero attached hydrogens (tertiary/aromatic N) is 3. The molecule has 0 aromatic heterocycles. The maximum absolute atomic E-state index is 9.13. The minimum Gasteiger partial charge on any atom is -0.489 e. The highest BCUT2D eigenvalue weighted by Crippen LogP contribution is 2.26. The van der Waals surface area contributed by atoms with Gasteiger partial charge in [-0.2, -0.15) is 15.8 Å². The van der Waals surface area contributed by atoms with E-state index >= 15 is 0 Å². The van der Waals surface area contributed by atoms with Gasteiger partial charge in [-0.25, -0.2) is 0 Å². The number of hydrogen-bond donors (Lipinski definition) is 1. The molecule has 5 nitrogen and oxygen atoms in total. The van der Waals surface area contributed by atoms with Crippen LogP contribution in [0.25, 0.3) is 11.1 Å². The second-order valence-electron chi connectivity index (χ2n) is 6.09. The molecule has 0 heterocycles. The van der Waals surface area contributed by atoms with E-state index < -0.39 is 0 Å². The molecule has 1 N–H and O–H groups in total. The first kappa shape index (κ1) is 19.2. The van der Waals surface area contributed by atoms with E-state index in [0.29, 0.717) is 12.3 Å². The SMILES string of the molecule is N#CC(C#N)=C(C#N)Nc1ccc(-c2cccc(OCc3ccccc3)c2)cc1. The summed E-state index contributed by atoms with van der Waals surface area (Å²) in [6.45, 7) is 0.497. The molecule has 0 amide bonds. The molecule has 0 saturated heterocycles. The number of benzene rings is 3. The Hall–Kier alpha value is -4.53. The summed E-state index contributed by atoms with van der Waals surface area (Å²) in [4.78, 5) is 0. The Morgan fingerprint density at radius 3 is 2.14 bits per heavy atom. The minimum absolute atomic E-state index is 0.0703. The van der Waals surface area contributed by atoms with Crippen molar-refractivity contribution in [2.24, 2.45) is 0 Å².